The zero-order valence-electron chi connectivity index (χ0n) is 14.5. The summed E-state index contributed by atoms with van der Waals surface area (Å²) < 4.78 is 18.5. The van der Waals surface area contributed by atoms with E-state index in [1.807, 2.05) is 0 Å². The first-order valence-corrected chi connectivity index (χ1v) is 8.33. The van der Waals surface area contributed by atoms with Crippen LogP contribution in [0.2, 0.25) is 0 Å². The molecule has 0 atom stereocenters. The van der Waals surface area contributed by atoms with E-state index in [2.05, 4.69) is 24.1 Å². The van der Waals surface area contributed by atoms with Crippen molar-refractivity contribution in [3.8, 4) is 0 Å². The van der Waals surface area contributed by atoms with Gasteiger partial charge in [-0.2, -0.15) is 0 Å². The lowest BCUT2D eigenvalue weighted by Crippen LogP contribution is -2.42. The molecule has 0 bridgehead atoms. The molecule has 24 heavy (non-hydrogen) atoms. The molecule has 1 aromatic rings. The van der Waals surface area contributed by atoms with Crippen LogP contribution in [0.3, 0.4) is 0 Å². The van der Waals surface area contributed by atoms with E-state index in [0.29, 0.717) is 25.4 Å². The molecule has 0 heterocycles. The molecule has 7 heteroatoms. The van der Waals surface area contributed by atoms with Gasteiger partial charge in [0, 0.05) is 25.3 Å². The minimum absolute atomic E-state index is 0.0467. The highest BCUT2D eigenvalue weighted by Crippen LogP contribution is 2.10. The van der Waals surface area contributed by atoms with Crippen molar-refractivity contribution < 1.29 is 19.0 Å². The van der Waals surface area contributed by atoms with Crippen LogP contribution < -0.4 is 5.32 Å². The van der Waals surface area contributed by atoms with Crippen molar-refractivity contribution in [3.63, 3.8) is 0 Å². The minimum atomic E-state index is -0.395. The molecule has 0 aromatic heterocycles. The molecule has 0 aliphatic heterocycles. The molecule has 1 aromatic carbocycles. The van der Waals surface area contributed by atoms with Gasteiger partial charge < -0.3 is 25.0 Å². The summed E-state index contributed by atoms with van der Waals surface area (Å²) >= 11 is 0. The standard InChI is InChI=1S/C17H28FN3O3/c1-3-20(4-2)8-9-21(10-12-24-13-11-22)17(23)19-16-7-5-6-15(18)14-16/h5-7,14,22H,3-4,8-13H2,1-2H3,(H,19,23). The van der Waals surface area contributed by atoms with Gasteiger partial charge in [-0.25, -0.2) is 9.18 Å². The van der Waals surface area contributed by atoms with Crippen LogP contribution in [0.5, 0.6) is 0 Å². The lowest BCUT2D eigenvalue weighted by atomic mass is 10.3. The molecule has 2 amide bonds. The summed E-state index contributed by atoms with van der Waals surface area (Å²) in [5, 5.41) is 11.4. The number of hydrogen-bond donors (Lipinski definition) is 2. The summed E-state index contributed by atoms with van der Waals surface area (Å²) in [5.41, 5.74) is 0.420. The van der Waals surface area contributed by atoms with Crippen LogP contribution in [0.15, 0.2) is 24.3 Å². The minimum Gasteiger partial charge on any atom is -0.394 e. The van der Waals surface area contributed by atoms with E-state index in [0.717, 1.165) is 19.6 Å². The third kappa shape index (κ3) is 7.72. The van der Waals surface area contributed by atoms with E-state index in [4.69, 9.17) is 9.84 Å². The first-order valence-electron chi connectivity index (χ1n) is 8.33. The molecule has 1 rings (SSSR count). The smallest absolute Gasteiger partial charge is 0.321 e. The zero-order chi connectivity index (χ0) is 17.8. The summed E-state index contributed by atoms with van der Waals surface area (Å²) in [6.45, 7) is 8.22. The van der Waals surface area contributed by atoms with Gasteiger partial charge in [0.1, 0.15) is 5.82 Å². The second kappa shape index (κ2) is 11.8. The van der Waals surface area contributed by atoms with Crippen molar-refractivity contribution >= 4 is 11.7 Å². The summed E-state index contributed by atoms with van der Waals surface area (Å²) in [7, 11) is 0. The van der Waals surface area contributed by atoms with E-state index in [1.165, 1.54) is 12.1 Å². The summed E-state index contributed by atoms with van der Waals surface area (Å²) in [6, 6.07) is 5.51. The molecule has 0 aliphatic carbocycles. The number of aliphatic hydroxyl groups excluding tert-OH is 1. The Morgan fingerprint density at radius 2 is 1.96 bits per heavy atom. The lowest BCUT2D eigenvalue weighted by molar-refractivity contribution is 0.0784. The van der Waals surface area contributed by atoms with E-state index >= 15 is 0 Å². The Hall–Kier alpha value is -1.70. The average Bonchev–Trinajstić information content (AvgIpc) is 2.57. The van der Waals surface area contributed by atoms with E-state index < -0.39 is 5.82 Å². The summed E-state index contributed by atoms with van der Waals surface area (Å²) in [6.07, 6.45) is 0. The van der Waals surface area contributed by atoms with Gasteiger partial charge in [-0.15, -0.1) is 0 Å². The van der Waals surface area contributed by atoms with Crippen LogP contribution in [0.25, 0.3) is 0 Å². The maximum absolute atomic E-state index is 13.2. The SMILES string of the molecule is CCN(CC)CCN(CCOCCO)C(=O)Nc1cccc(F)c1. The van der Waals surface area contributed by atoms with Crippen molar-refractivity contribution in [1.29, 1.82) is 0 Å². The highest BCUT2D eigenvalue weighted by molar-refractivity contribution is 5.89. The molecule has 0 saturated heterocycles. The second-order valence-electron chi connectivity index (χ2n) is 5.29. The fourth-order valence-electron chi connectivity index (χ4n) is 2.23. The summed E-state index contributed by atoms with van der Waals surface area (Å²) in [4.78, 5) is 16.3. The predicted molar refractivity (Wildman–Crippen MR) is 92.7 cm³/mol. The largest absolute Gasteiger partial charge is 0.394 e. The van der Waals surface area contributed by atoms with Gasteiger partial charge >= 0.3 is 6.03 Å². The molecule has 0 radical (unpaired) electrons. The Morgan fingerprint density at radius 3 is 2.58 bits per heavy atom. The molecule has 136 valence electrons. The number of rotatable bonds is 11. The average molecular weight is 341 g/mol. The van der Waals surface area contributed by atoms with Gasteiger partial charge in [0.15, 0.2) is 0 Å². The van der Waals surface area contributed by atoms with Crippen molar-refractivity contribution in [1.82, 2.24) is 9.80 Å². The number of amides is 2. The molecule has 0 unspecified atom stereocenters. The molecular formula is C17H28FN3O3. The quantitative estimate of drug-likeness (QED) is 0.604. The third-order valence-electron chi connectivity index (χ3n) is 3.68. The zero-order valence-corrected chi connectivity index (χ0v) is 14.5. The van der Waals surface area contributed by atoms with Gasteiger partial charge in [-0.1, -0.05) is 19.9 Å². The van der Waals surface area contributed by atoms with Gasteiger partial charge in [0.05, 0.1) is 19.8 Å². The van der Waals surface area contributed by atoms with Gasteiger partial charge in [0.25, 0.3) is 0 Å². The second-order valence-corrected chi connectivity index (χ2v) is 5.29. The molecular weight excluding hydrogens is 313 g/mol. The van der Waals surface area contributed by atoms with E-state index in [1.54, 1.807) is 17.0 Å². The van der Waals surface area contributed by atoms with Gasteiger partial charge in [0.2, 0.25) is 0 Å². The van der Waals surface area contributed by atoms with Crippen LogP contribution in [0, 0.1) is 5.82 Å². The van der Waals surface area contributed by atoms with Crippen LogP contribution in [-0.4, -0.2) is 73.5 Å². The summed E-state index contributed by atoms with van der Waals surface area (Å²) in [5.74, 6) is -0.395. The molecule has 0 spiro atoms. The number of nitrogens with zero attached hydrogens (tertiary/aromatic N) is 2. The number of carbonyl (C=O) groups excluding carboxylic acids is 1. The number of nitrogens with one attached hydrogen (secondary N) is 1. The number of ether oxygens (including phenoxy) is 1. The number of hydrogen-bond acceptors (Lipinski definition) is 4. The number of carbonyl (C=O) groups is 1. The van der Waals surface area contributed by atoms with E-state index in [-0.39, 0.29) is 19.2 Å². The fraction of sp³-hybridized carbons (Fsp3) is 0.588. The molecule has 6 nitrogen and oxygen atoms in total. The Bertz CT molecular complexity index is 484. The maximum Gasteiger partial charge on any atom is 0.321 e. The first kappa shape index (κ1) is 20.3. The molecule has 0 aliphatic rings. The van der Waals surface area contributed by atoms with Crippen LogP contribution >= 0.6 is 0 Å². The van der Waals surface area contributed by atoms with Gasteiger partial charge in [-0.05, 0) is 31.3 Å². The van der Waals surface area contributed by atoms with Crippen molar-refractivity contribution in [2.45, 2.75) is 13.8 Å². The Kier molecular flexibility index (Phi) is 9.98. The highest BCUT2D eigenvalue weighted by Gasteiger charge is 2.15. The number of likely N-dealkylation sites (N-methyl/N-ethyl adjacent to an activating group) is 1. The third-order valence-corrected chi connectivity index (χ3v) is 3.68. The molecule has 2 N–H and O–H groups in total. The molecule has 0 saturated carbocycles. The Morgan fingerprint density at radius 1 is 1.21 bits per heavy atom. The number of urea groups is 1. The topological polar surface area (TPSA) is 65.0 Å². The first-order chi connectivity index (χ1) is 11.6. The van der Waals surface area contributed by atoms with Crippen molar-refractivity contribution in [2.24, 2.45) is 0 Å². The number of anilines is 1. The van der Waals surface area contributed by atoms with Gasteiger partial charge in [-0.3, -0.25) is 0 Å². The Balaban J connectivity index is 2.61. The van der Waals surface area contributed by atoms with Crippen molar-refractivity contribution in [2.75, 3.05) is 57.9 Å². The molecule has 0 fully saturated rings. The number of halogens is 1. The lowest BCUT2D eigenvalue weighted by Gasteiger charge is -2.26. The number of aliphatic hydroxyl groups is 1. The normalized spacial score (nSPS) is 10.9. The number of benzene rings is 1. The van der Waals surface area contributed by atoms with E-state index in [9.17, 15) is 9.18 Å². The van der Waals surface area contributed by atoms with Crippen molar-refractivity contribution in [3.05, 3.63) is 30.1 Å². The monoisotopic (exact) mass is 341 g/mol. The van der Waals surface area contributed by atoms with Crippen LogP contribution in [-0.2, 0) is 4.74 Å². The fourth-order valence-corrected chi connectivity index (χ4v) is 2.23. The maximum atomic E-state index is 13.2. The predicted octanol–water partition coefficient (Wildman–Crippen LogP) is 2.01. The highest BCUT2D eigenvalue weighted by atomic mass is 19.1. The van der Waals surface area contributed by atoms with Crippen LogP contribution in [0.4, 0.5) is 14.9 Å². The Labute approximate surface area is 143 Å². The van der Waals surface area contributed by atoms with Crippen LogP contribution in [0.1, 0.15) is 13.8 Å².